The summed E-state index contributed by atoms with van der Waals surface area (Å²) >= 11 is 1.31. The van der Waals surface area contributed by atoms with Crippen LogP contribution in [0.1, 0.15) is 6.92 Å². The van der Waals surface area contributed by atoms with Crippen molar-refractivity contribution in [2.75, 3.05) is 5.75 Å². The molecule has 0 bridgehead atoms. The number of benzene rings is 2. The van der Waals surface area contributed by atoms with Gasteiger partial charge in [-0.05, 0) is 35.4 Å². The Balaban J connectivity index is 2.58. The van der Waals surface area contributed by atoms with E-state index in [1.807, 2.05) is 6.92 Å². The summed E-state index contributed by atoms with van der Waals surface area (Å²) in [4.78, 5) is -0.175. The molecule has 24 heavy (non-hydrogen) atoms. The lowest BCUT2D eigenvalue weighted by molar-refractivity contribution is 0.537. The Hall–Kier alpha value is -1.77. The minimum Gasteiger partial charge on any atom is -0.200 e. The molecule has 0 aromatic heterocycles. The van der Waals surface area contributed by atoms with Gasteiger partial charge in [0.2, 0.25) is 0 Å². The quantitative estimate of drug-likeness (QED) is 0.734. The van der Waals surface area contributed by atoms with Crippen molar-refractivity contribution in [2.24, 2.45) is 0 Å². The normalized spacial score (nSPS) is 12.4. The van der Waals surface area contributed by atoms with Gasteiger partial charge in [0.25, 0.3) is 20.0 Å². The lowest BCUT2D eigenvalue weighted by atomic mass is 10.4. The van der Waals surface area contributed by atoms with E-state index in [4.69, 9.17) is 0 Å². The highest BCUT2D eigenvalue weighted by molar-refractivity contribution is 8.04. The van der Waals surface area contributed by atoms with Crippen LogP contribution in [0.5, 0.6) is 0 Å². The Labute approximate surface area is 147 Å². The Morgan fingerprint density at radius 2 is 1.25 bits per heavy atom. The Morgan fingerprint density at radius 3 is 1.62 bits per heavy atom. The zero-order chi connectivity index (χ0) is 17.6. The van der Waals surface area contributed by atoms with Crippen LogP contribution in [-0.4, -0.2) is 26.3 Å². The van der Waals surface area contributed by atoms with Crippen molar-refractivity contribution in [3.8, 4) is 0 Å². The summed E-state index contributed by atoms with van der Waals surface area (Å²) in [6, 6.07) is 15.0. The molecule has 0 saturated carbocycles. The summed E-state index contributed by atoms with van der Waals surface area (Å²) in [6.45, 7) is 1.89. The third kappa shape index (κ3) is 4.00. The van der Waals surface area contributed by atoms with Gasteiger partial charge in [-0.25, -0.2) is 16.8 Å². The first kappa shape index (κ1) is 18.6. The van der Waals surface area contributed by atoms with Gasteiger partial charge >= 0.3 is 0 Å². The standard InChI is InChI=1S/C16H17NO4S3/c1-2-22-14-13-17(23(18,19)15-9-5-3-6-10-15)24(20,21)16-11-7-4-8-12-16/h3-14H,2H2,1H3/b14-13+. The van der Waals surface area contributed by atoms with Crippen LogP contribution >= 0.6 is 11.8 Å². The summed E-state index contributed by atoms with van der Waals surface area (Å²) in [5.74, 6) is 0.696. The highest BCUT2D eigenvalue weighted by Gasteiger charge is 2.33. The SMILES string of the molecule is CCS/C=C/N(S(=O)(=O)c1ccccc1)S(=O)(=O)c1ccccc1. The number of hydrogen-bond donors (Lipinski definition) is 0. The number of nitrogens with zero attached hydrogens (tertiary/aromatic N) is 1. The van der Waals surface area contributed by atoms with Gasteiger partial charge in [0.1, 0.15) is 0 Å². The van der Waals surface area contributed by atoms with Crippen molar-refractivity contribution in [3.63, 3.8) is 0 Å². The molecule has 2 aromatic carbocycles. The van der Waals surface area contributed by atoms with E-state index in [0.29, 0.717) is 9.46 Å². The van der Waals surface area contributed by atoms with Crippen molar-refractivity contribution in [1.29, 1.82) is 0 Å². The fourth-order valence-electron chi connectivity index (χ4n) is 1.87. The molecule has 0 aliphatic rings. The Morgan fingerprint density at radius 1 is 0.833 bits per heavy atom. The topological polar surface area (TPSA) is 71.5 Å². The van der Waals surface area contributed by atoms with Gasteiger partial charge in [0.15, 0.2) is 0 Å². The van der Waals surface area contributed by atoms with Gasteiger partial charge in [-0.2, -0.15) is 3.71 Å². The minimum absolute atomic E-state index is 0.0874. The predicted molar refractivity (Wildman–Crippen MR) is 96.4 cm³/mol. The molecule has 0 atom stereocenters. The van der Waals surface area contributed by atoms with Gasteiger partial charge < -0.3 is 0 Å². The zero-order valence-corrected chi connectivity index (χ0v) is 15.4. The molecule has 128 valence electrons. The maximum atomic E-state index is 12.8. The lowest BCUT2D eigenvalue weighted by Gasteiger charge is -2.20. The van der Waals surface area contributed by atoms with E-state index < -0.39 is 20.0 Å². The second-order valence-corrected chi connectivity index (χ2v) is 9.65. The molecule has 5 nitrogen and oxygen atoms in total. The maximum Gasteiger partial charge on any atom is 0.277 e. The molecule has 0 N–H and O–H groups in total. The number of rotatable bonds is 7. The smallest absolute Gasteiger partial charge is 0.200 e. The van der Waals surface area contributed by atoms with Crippen molar-refractivity contribution >= 4 is 31.8 Å². The second kappa shape index (κ2) is 7.87. The number of hydrogen-bond acceptors (Lipinski definition) is 5. The third-order valence-electron chi connectivity index (χ3n) is 3.00. The van der Waals surface area contributed by atoms with Gasteiger partial charge in [0, 0.05) is 6.20 Å². The summed E-state index contributed by atoms with van der Waals surface area (Å²) < 4.78 is 51.8. The average molecular weight is 384 g/mol. The predicted octanol–water partition coefficient (Wildman–Crippen LogP) is 3.29. The fourth-order valence-corrected chi connectivity index (χ4v) is 5.84. The Kier molecular flexibility index (Phi) is 6.09. The van der Waals surface area contributed by atoms with Gasteiger partial charge in [-0.3, -0.25) is 0 Å². The van der Waals surface area contributed by atoms with E-state index >= 15 is 0 Å². The second-order valence-electron chi connectivity index (χ2n) is 4.60. The minimum atomic E-state index is -4.24. The summed E-state index contributed by atoms with van der Waals surface area (Å²) in [5, 5.41) is 1.46. The van der Waals surface area contributed by atoms with Crippen LogP contribution in [0.3, 0.4) is 0 Å². The Bertz CT molecular complexity index is 823. The van der Waals surface area contributed by atoms with Crippen molar-refractivity contribution in [3.05, 3.63) is 72.3 Å². The first-order valence-corrected chi connectivity index (χ1v) is 11.0. The largest absolute Gasteiger partial charge is 0.277 e. The van der Waals surface area contributed by atoms with Crippen LogP contribution in [0.4, 0.5) is 0 Å². The van der Waals surface area contributed by atoms with Gasteiger partial charge in [-0.1, -0.05) is 43.3 Å². The van der Waals surface area contributed by atoms with E-state index in [1.165, 1.54) is 41.4 Å². The maximum absolute atomic E-state index is 12.8. The first-order valence-electron chi connectivity index (χ1n) is 7.08. The third-order valence-corrected chi connectivity index (χ3v) is 7.75. The molecule has 0 spiro atoms. The average Bonchev–Trinajstić information content (AvgIpc) is 2.60. The lowest BCUT2D eigenvalue weighted by Crippen LogP contribution is -2.32. The summed E-state index contributed by atoms with van der Waals surface area (Å²) in [5.41, 5.74) is 0. The molecular weight excluding hydrogens is 366 g/mol. The first-order chi connectivity index (χ1) is 11.4. The van der Waals surface area contributed by atoms with Crippen LogP contribution in [-0.2, 0) is 20.0 Å². The number of thioether (sulfide) groups is 1. The van der Waals surface area contributed by atoms with E-state index in [2.05, 4.69) is 0 Å². The molecule has 0 saturated heterocycles. The molecule has 0 aliphatic heterocycles. The fraction of sp³-hybridized carbons (Fsp3) is 0.125. The van der Waals surface area contributed by atoms with Gasteiger partial charge in [0.05, 0.1) is 9.79 Å². The van der Waals surface area contributed by atoms with Crippen LogP contribution < -0.4 is 0 Å². The molecule has 8 heteroatoms. The van der Waals surface area contributed by atoms with E-state index in [-0.39, 0.29) is 9.79 Å². The molecule has 2 rings (SSSR count). The van der Waals surface area contributed by atoms with E-state index in [1.54, 1.807) is 36.4 Å². The highest BCUT2D eigenvalue weighted by Crippen LogP contribution is 2.25. The van der Waals surface area contributed by atoms with E-state index in [9.17, 15) is 16.8 Å². The molecular formula is C16H17NO4S3. The van der Waals surface area contributed by atoms with Crippen LogP contribution in [0.15, 0.2) is 82.1 Å². The van der Waals surface area contributed by atoms with Crippen molar-refractivity contribution in [1.82, 2.24) is 3.71 Å². The zero-order valence-electron chi connectivity index (χ0n) is 12.9. The molecule has 0 heterocycles. The molecule has 2 aromatic rings. The van der Waals surface area contributed by atoms with Crippen LogP contribution in [0.25, 0.3) is 0 Å². The summed E-state index contributed by atoms with van der Waals surface area (Å²) in [6.07, 6.45) is 1.08. The molecule has 0 unspecified atom stereocenters. The van der Waals surface area contributed by atoms with Crippen molar-refractivity contribution in [2.45, 2.75) is 16.7 Å². The molecule has 0 fully saturated rings. The molecule has 0 amide bonds. The van der Waals surface area contributed by atoms with Crippen LogP contribution in [0, 0.1) is 0 Å². The monoisotopic (exact) mass is 383 g/mol. The molecule has 0 aliphatic carbocycles. The summed E-state index contributed by atoms with van der Waals surface area (Å²) in [7, 11) is -8.48. The van der Waals surface area contributed by atoms with Crippen molar-refractivity contribution < 1.29 is 16.8 Å². The van der Waals surface area contributed by atoms with Crippen LogP contribution in [0.2, 0.25) is 0 Å². The highest BCUT2D eigenvalue weighted by atomic mass is 32.3. The van der Waals surface area contributed by atoms with Gasteiger partial charge in [-0.15, -0.1) is 11.8 Å². The van der Waals surface area contributed by atoms with E-state index in [0.717, 1.165) is 6.20 Å². The number of sulfonamides is 2. The molecule has 0 radical (unpaired) electrons.